The summed E-state index contributed by atoms with van der Waals surface area (Å²) in [5, 5.41) is 8.69. The van der Waals surface area contributed by atoms with Gasteiger partial charge in [-0.1, -0.05) is 12.1 Å². The van der Waals surface area contributed by atoms with Gasteiger partial charge in [-0.25, -0.2) is 8.42 Å². The number of carboxylic acid groups (broad SMARTS) is 1. The maximum Gasteiger partial charge on any atom is 0.305 e. The maximum atomic E-state index is 12.4. The van der Waals surface area contributed by atoms with Crippen LogP contribution in [-0.4, -0.2) is 49.6 Å². The molecule has 0 aliphatic carbocycles. The van der Waals surface area contributed by atoms with E-state index in [1.165, 1.54) is 17.0 Å². The van der Waals surface area contributed by atoms with E-state index in [1.807, 2.05) is 0 Å². The Bertz CT molecular complexity index is 627. The first kappa shape index (κ1) is 17.0. The van der Waals surface area contributed by atoms with Gasteiger partial charge in [-0.2, -0.15) is 0 Å². The molecule has 0 saturated carbocycles. The van der Waals surface area contributed by atoms with Crippen LogP contribution in [0.3, 0.4) is 0 Å². The minimum absolute atomic E-state index is 0.0673. The van der Waals surface area contributed by atoms with Gasteiger partial charge in [-0.05, 0) is 19.1 Å². The van der Waals surface area contributed by atoms with Crippen molar-refractivity contribution in [2.75, 3.05) is 24.1 Å². The zero-order chi connectivity index (χ0) is 16.0. The Kier molecular flexibility index (Phi) is 5.71. The monoisotopic (exact) mass is 314 g/mol. The lowest BCUT2D eigenvalue weighted by Gasteiger charge is -2.21. The van der Waals surface area contributed by atoms with Gasteiger partial charge in [0.1, 0.15) is 0 Å². The Balaban J connectivity index is 3.02. The Hall–Kier alpha value is -2.09. The summed E-state index contributed by atoms with van der Waals surface area (Å²) in [4.78, 5) is 24.4. The second kappa shape index (κ2) is 7.07. The van der Waals surface area contributed by atoms with E-state index < -0.39 is 21.9 Å². The van der Waals surface area contributed by atoms with Crippen molar-refractivity contribution in [3.8, 4) is 0 Å². The van der Waals surface area contributed by atoms with E-state index in [0.717, 1.165) is 6.26 Å². The van der Waals surface area contributed by atoms with Crippen molar-refractivity contribution in [3.05, 3.63) is 29.8 Å². The van der Waals surface area contributed by atoms with E-state index in [-0.39, 0.29) is 24.2 Å². The minimum Gasteiger partial charge on any atom is -0.481 e. The van der Waals surface area contributed by atoms with Gasteiger partial charge >= 0.3 is 5.97 Å². The number of carbonyl (C=O) groups is 2. The average molecular weight is 314 g/mol. The normalized spacial score (nSPS) is 11.0. The van der Waals surface area contributed by atoms with Crippen molar-refractivity contribution in [1.82, 2.24) is 4.90 Å². The van der Waals surface area contributed by atoms with Gasteiger partial charge in [0.25, 0.3) is 5.91 Å². The molecule has 8 heteroatoms. The van der Waals surface area contributed by atoms with Crippen LogP contribution >= 0.6 is 0 Å². The molecule has 1 aromatic carbocycles. The number of benzene rings is 1. The summed E-state index contributed by atoms with van der Waals surface area (Å²) in [5.74, 6) is -1.41. The number of aliphatic carboxylic acids is 1. The fourth-order valence-electron chi connectivity index (χ4n) is 1.76. The smallest absolute Gasteiger partial charge is 0.305 e. The SMILES string of the molecule is CCN(CCC(=O)O)C(=O)c1ccccc1NS(C)(=O)=O. The number of anilines is 1. The summed E-state index contributed by atoms with van der Waals surface area (Å²) in [5.41, 5.74) is 0.369. The van der Waals surface area contributed by atoms with Gasteiger partial charge in [0.2, 0.25) is 10.0 Å². The van der Waals surface area contributed by atoms with Crippen molar-refractivity contribution in [2.24, 2.45) is 0 Å². The molecule has 0 radical (unpaired) electrons. The number of hydrogen-bond donors (Lipinski definition) is 2. The molecule has 0 aliphatic heterocycles. The van der Waals surface area contributed by atoms with Crippen LogP contribution in [0.2, 0.25) is 0 Å². The molecule has 1 aromatic rings. The van der Waals surface area contributed by atoms with E-state index in [0.29, 0.717) is 6.54 Å². The van der Waals surface area contributed by atoms with Gasteiger partial charge in [0.15, 0.2) is 0 Å². The van der Waals surface area contributed by atoms with Crippen molar-refractivity contribution < 1.29 is 23.1 Å². The van der Waals surface area contributed by atoms with E-state index in [4.69, 9.17) is 5.11 Å². The zero-order valence-corrected chi connectivity index (χ0v) is 12.7. The molecule has 1 amide bonds. The molecule has 0 spiro atoms. The molecule has 0 aromatic heterocycles. The molecule has 7 nitrogen and oxygen atoms in total. The second-order valence-electron chi connectivity index (χ2n) is 4.45. The number of sulfonamides is 1. The van der Waals surface area contributed by atoms with Crippen LogP contribution < -0.4 is 4.72 Å². The van der Waals surface area contributed by atoms with E-state index in [1.54, 1.807) is 19.1 Å². The highest BCUT2D eigenvalue weighted by Gasteiger charge is 2.19. The molecule has 0 fully saturated rings. The van der Waals surface area contributed by atoms with Crippen molar-refractivity contribution >= 4 is 27.6 Å². The van der Waals surface area contributed by atoms with Gasteiger partial charge in [-0.15, -0.1) is 0 Å². The Morgan fingerprint density at radius 3 is 2.43 bits per heavy atom. The molecule has 21 heavy (non-hydrogen) atoms. The number of rotatable bonds is 7. The van der Waals surface area contributed by atoms with Gasteiger partial charge < -0.3 is 10.0 Å². The largest absolute Gasteiger partial charge is 0.481 e. The van der Waals surface area contributed by atoms with Crippen LogP contribution in [0.1, 0.15) is 23.7 Å². The molecule has 0 aliphatic rings. The fraction of sp³-hybridized carbons (Fsp3) is 0.385. The third-order valence-corrected chi connectivity index (χ3v) is 3.31. The molecule has 2 N–H and O–H groups in total. The number of nitrogens with zero attached hydrogens (tertiary/aromatic N) is 1. The Labute approximate surface area is 123 Å². The standard InChI is InChI=1S/C13H18N2O5S/c1-3-15(9-8-12(16)17)13(18)10-6-4-5-7-11(10)14-21(2,19)20/h4-7,14H,3,8-9H2,1-2H3,(H,16,17). The highest BCUT2D eigenvalue weighted by molar-refractivity contribution is 7.92. The predicted octanol–water partition coefficient (Wildman–Crippen LogP) is 0.995. The maximum absolute atomic E-state index is 12.4. The third-order valence-electron chi connectivity index (χ3n) is 2.72. The van der Waals surface area contributed by atoms with Crippen molar-refractivity contribution in [3.63, 3.8) is 0 Å². The first-order valence-electron chi connectivity index (χ1n) is 6.32. The quantitative estimate of drug-likeness (QED) is 0.781. The average Bonchev–Trinajstić information content (AvgIpc) is 2.37. The number of nitrogens with one attached hydrogen (secondary N) is 1. The third kappa shape index (κ3) is 5.42. The molecule has 0 atom stereocenters. The lowest BCUT2D eigenvalue weighted by molar-refractivity contribution is -0.137. The lowest BCUT2D eigenvalue weighted by atomic mass is 10.1. The van der Waals surface area contributed by atoms with Crippen molar-refractivity contribution in [1.29, 1.82) is 0 Å². The molecule has 0 heterocycles. The van der Waals surface area contributed by atoms with Gasteiger partial charge in [-0.3, -0.25) is 14.3 Å². The van der Waals surface area contributed by atoms with Gasteiger partial charge in [0.05, 0.1) is 23.9 Å². The first-order chi connectivity index (χ1) is 9.74. The highest BCUT2D eigenvalue weighted by Crippen LogP contribution is 2.18. The van der Waals surface area contributed by atoms with E-state index in [2.05, 4.69) is 4.72 Å². The summed E-state index contributed by atoms with van der Waals surface area (Å²) < 4.78 is 24.9. The summed E-state index contributed by atoms with van der Waals surface area (Å²) in [6.07, 6.45) is 0.831. The molecule has 1 rings (SSSR count). The Morgan fingerprint density at radius 2 is 1.90 bits per heavy atom. The van der Waals surface area contributed by atoms with E-state index in [9.17, 15) is 18.0 Å². The molecular formula is C13H18N2O5S. The second-order valence-corrected chi connectivity index (χ2v) is 6.20. The van der Waals surface area contributed by atoms with Crippen LogP contribution in [-0.2, 0) is 14.8 Å². The first-order valence-corrected chi connectivity index (χ1v) is 8.21. The summed E-state index contributed by atoms with van der Waals surface area (Å²) in [6, 6.07) is 6.21. The predicted molar refractivity (Wildman–Crippen MR) is 78.7 cm³/mol. The number of amides is 1. The fourth-order valence-corrected chi connectivity index (χ4v) is 2.34. The van der Waals surface area contributed by atoms with Crippen LogP contribution in [0.5, 0.6) is 0 Å². The minimum atomic E-state index is -3.51. The number of para-hydroxylation sites is 1. The van der Waals surface area contributed by atoms with Crippen molar-refractivity contribution in [2.45, 2.75) is 13.3 Å². The topological polar surface area (TPSA) is 104 Å². The molecular weight excluding hydrogens is 296 g/mol. The summed E-state index contributed by atoms with van der Waals surface area (Å²) >= 11 is 0. The van der Waals surface area contributed by atoms with Crippen LogP contribution in [0.25, 0.3) is 0 Å². The van der Waals surface area contributed by atoms with Gasteiger partial charge in [0, 0.05) is 13.1 Å². The highest BCUT2D eigenvalue weighted by atomic mass is 32.2. The molecule has 0 bridgehead atoms. The molecule has 0 unspecified atom stereocenters. The number of carboxylic acids is 1. The summed E-state index contributed by atoms with van der Waals surface area (Å²) in [7, 11) is -3.51. The van der Waals surface area contributed by atoms with Crippen LogP contribution in [0.4, 0.5) is 5.69 Å². The molecule has 0 saturated heterocycles. The molecule has 116 valence electrons. The zero-order valence-electron chi connectivity index (χ0n) is 11.9. The Morgan fingerprint density at radius 1 is 1.29 bits per heavy atom. The number of carbonyl (C=O) groups excluding carboxylic acids is 1. The number of hydrogen-bond acceptors (Lipinski definition) is 4. The lowest BCUT2D eigenvalue weighted by Crippen LogP contribution is -2.33. The summed E-state index contributed by atoms with van der Waals surface area (Å²) in [6.45, 7) is 2.13. The van der Waals surface area contributed by atoms with Crippen LogP contribution in [0, 0.1) is 0 Å². The van der Waals surface area contributed by atoms with E-state index >= 15 is 0 Å². The van der Waals surface area contributed by atoms with Crippen LogP contribution in [0.15, 0.2) is 24.3 Å².